The number of hydrogen-bond acceptors (Lipinski definition) is 3. The second-order valence-corrected chi connectivity index (χ2v) is 5.59. The summed E-state index contributed by atoms with van der Waals surface area (Å²) in [7, 11) is 0. The summed E-state index contributed by atoms with van der Waals surface area (Å²) in [6.07, 6.45) is 3.35. The second-order valence-electron chi connectivity index (χ2n) is 4.68. The van der Waals surface area contributed by atoms with Crippen molar-refractivity contribution in [2.45, 2.75) is 37.8 Å². The van der Waals surface area contributed by atoms with Gasteiger partial charge in [0.1, 0.15) is 5.60 Å². The van der Waals surface area contributed by atoms with Crippen LogP contribution in [0.25, 0.3) is 0 Å². The van der Waals surface area contributed by atoms with Gasteiger partial charge in [-0.3, -0.25) is 0 Å². The van der Waals surface area contributed by atoms with Gasteiger partial charge in [-0.15, -0.1) is 11.3 Å². The molecule has 3 heteroatoms. The first-order chi connectivity index (χ1) is 7.30. The molecule has 2 nitrogen and oxygen atoms in total. The average molecular weight is 223 g/mol. The van der Waals surface area contributed by atoms with E-state index in [1.807, 2.05) is 11.3 Å². The van der Waals surface area contributed by atoms with Crippen LogP contribution in [0.3, 0.4) is 0 Å². The Kier molecular flexibility index (Phi) is 2.34. The first-order valence-electron chi connectivity index (χ1n) is 5.74. The van der Waals surface area contributed by atoms with Crippen LogP contribution in [-0.4, -0.2) is 19.2 Å². The molecule has 0 aliphatic carbocycles. The van der Waals surface area contributed by atoms with Crippen molar-refractivity contribution in [3.63, 3.8) is 0 Å². The lowest BCUT2D eigenvalue weighted by molar-refractivity contribution is -0.0848. The summed E-state index contributed by atoms with van der Waals surface area (Å²) >= 11 is 1.88. The van der Waals surface area contributed by atoms with Crippen LogP contribution in [-0.2, 0) is 16.8 Å². The molecule has 0 bridgehead atoms. The first kappa shape index (κ1) is 9.82. The van der Waals surface area contributed by atoms with Crippen LogP contribution < -0.4 is 5.32 Å². The van der Waals surface area contributed by atoms with Crippen molar-refractivity contribution >= 4 is 11.3 Å². The van der Waals surface area contributed by atoms with Crippen LogP contribution in [0.5, 0.6) is 0 Å². The molecule has 3 rings (SSSR count). The van der Waals surface area contributed by atoms with Gasteiger partial charge in [0.2, 0.25) is 0 Å². The monoisotopic (exact) mass is 223 g/mol. The van der Waals surface area contributed by atoms with E-state index in [-0.39, 0.29) is 5.60 Å². The SMILES string of the molecule is C[C@H]1C[C@@]2(CCN1)OCCc1ccsc12. The Morgan fingerprint density at radius 3 is 3.40 bits per heavy atom. The molecule has 15 heavy (non-hydrogen) atoms. The van der Waals surface area contributed by atoms with Gasteiger partial charge >= 0.3 is 0 Å². The summed E-state index contributed by atoms with van der Waals surface area (Å²) in [6.45, 7) is 4.24. The fourth-order valence-corrected chi connectivity index (χ4v) is 4.03. The fraction of sp³-hybridized carbons (Fsp3) is 0.667. The largest absolute Gasteiger partial charge is 0.369 e. The molecule has 1 saturated heterocycles. The maximum Gasteiger partial charge on any atom is 0.105 e. The van der Waals surface area contributed by atoms with Crippen molar-refractivity contribution in [2.24, 2.45) is 0 Å². The summed E-state index contributed by atoms with van der Waals surface area (Å²) in [4.78, 5) is 1.50. The molecule has 2 atom stereocenters. The van der Waals surface area contributed by atoms with E-state index in [0.29, 0.717) is 6.04 Å². The minimum absolute atomic E-state index is 0.0480. The Bertz CT molecular complexity index is 362. The number of piperidine rings is 1. The highest BCUT2D eigenvalue weighted by Crippen LogP contribution is 2.43. The van der Waals surface area contributed by atoms with Crippen molar-refractivity contribution in [3.8, 4) is 0 Å². The van der Waals surface area contributed by atoms with E-state index < -0.39 is 0 Å². The van der Waals surface area contributed by atoms with Crippen LogP contribution in [0.4, 0.5) is 0 Å². The van der Waals surface area contributed by atoms with Crippen LogP contribution in [0, 0.1) is 0 Å². The van der Waals surface area contributed by atoms with Gasteiger partial charge in [-0.2, -0.15) is 0 Å². The van der Waals surface area contributed by atoms with Gasteiger partial charge in [0, 0.05) is 10.9 Å². The molecule has 2 aliphatic heterocycles. The third-order valence-electron chi connectivity index (χ3n) is 3.57. The maximum atomic E-state index is 6.13. The molecule has 1 spiro atoms. The molecule has 0 unspecified atom stereocenters. The molecular formula is C12H17NOS. The zero-order valence-electron chi connectivity index (χ0n) is 9.08. The topological polar surface area (TPSA) is 21.3 Å². The highest BCUT2D eigenvalue weighted by atomic mass is 32.1. The van der Waals surface area contributed by atoms with E-state index in [1.165, 1.54) is 10.4 Å². The highest BCUT2D eigenvalue weighted by Gasteiger charge is 2.41. The number of ether oxygens (including phenoxy) is 1. The van der Waals surface area contributed by atoms with Crippen molar-refractivity contribution < 1.29 is 4.74 Å². The van der Waals surface area contributed by atoms with Crippen LogP contribution >= 0.6 is 11.3 Å². The van der Waals surface area contributed by atoms with E-state index in [1.54, 1.807) is 0 Å². The molecule has 0 aromatic carbocycles. The van der Waals surface area contributed by atoms with Gasteiger partial charge < -0.3 is 10.1 Å². The minimum Gasteiger partial charge on any atom is -0.369 e. The predicted octanol–water partition coefficient (Wildman–Crippen LogP) is 2.29. The molecule has 1 aromatic rings. The first-order valence-corrected chi connectivity index (χ1v) is 6.62. The van der Waals surface area contributed by atoms with Gasteiger partial charge in [0.25, 0.3) is 0 Å². The molecule has 0 amide bonds. The Hall–Kier alpha value is -0.380. The molecule has 1 aromatic heterocycles. The fourth-order valence-electron chi connectivity index (χ4n) is 2.88. The lowest BCUT2D eigenvalue weighted by Gasteiger charge is -2.42. The van der Waals surface area contributed by atoms with Crippen LogP contribution in [0.2, 0.25) is 0 Å². The summed E-state index contributed by atoms with van der Waals surface area (Å²) in [5.41, 5.74) is 1.58. The molecule has 2 aliphatic rings. The lowest BCUT2D eigenvalue weighted by Crippen LogP contribution is -2.48. The minimum atomic E-state index is 0.0480. The second kappa shape index (κ2) is 3.58. The summed E-state index contributed by atoms with van der Waals surface area (Å²) in [6, 6.07) is 2.85. The summed E-state index contributed by atoms with van der Waals surface area (Å²) in [5, 5.41) is 5.72. The summed E-state index contributed by atoms with van der Waals surface area (Å²) in [5.74, 6) is 0. The van der Waals surface area contributed by atoms with Crippen LogP contribution in [0.1, 0.15) is 30.2 Å². The molecule has 0 radical (unpaired) electrons. The number of fused-ring (bicyclic) bond motifs is 2. The number of rotatable bonds is 0. The molecule has 1 fully saturated rings. The van der Waals surface area contributed by atoms with E-state index in [0.717, 1.165) is 32.4 Å². The van der Waals surface area contributed by atoms with Crippen molar-refractivity contribution in [1.29, 1.82) is 0 Å². The number of hydrogen-bond donors (Lipinski definition) is 1. The van der Waals surface area contributed by atoms with E-state index >= 15 is 0 Å². The zero-order chi connectivity index (χ0) is 10.3. The molecule has 3 heterocycles. The summed E-state index contributed by atoms with van der Waals surface area (Å²) < 4.78 is 6.13. The Morgan fingerprint density at radius 2 is 2.53 bits per heavy atom. The third-order valence-corrected chi connectivity index (χ3v) is 4.71. The standard InChI is InChI=1S/C12H17NOS/c1-9-8-12(4-5-13-9)11-10(2-6-14-12)3-7-15-11/h3,7,9,13H,2,4-6,8H2,1H3/t9-,12+/m0/s1. The predicted molar refractivity (Wildman–Crippen MR) is 62.4 cm³/mol. The van der Waals surface area contributed by atoms with E-state index in [2.05, 4.69) is 23.7 Å². The maximum absolute atomic E-state index is 6.13. The van der Waals surface area contributed by atoms with Crippen LogP contribution in [0.15, 0.2) is 11.4 Å². The van der Waals surface area contributed by atoms with Crippen molar-refractivity contribution in [3.05, 3.63) is 21.9 Å². The van der Waals surface area contributed by atoms with E-state index in [9.17, 15) is 0 Å². The molecule has 1 N–H and O–H groups in total. The number of nitrogens with one attached hydrogen (secondary N) is 1. The lowest BCUT2D eigenvalue weighted by atomic mass is 9.83. The smallest absolute Gasteiger partial charge is 0.105 e. The molecular weight excluding hydrogens is 206 g/mol. The third kappa shape index (κ3) is 1.53. The zero-order valence-corrected chi connectivity index (χ0v) is 9.90. The Morgan fingerprint density at radius 1 is 1.60 bits per heavy atom. The van der Waals surface area contributed by atoms with Gasteiger partial charge in [-0.05, 0) is 49.7 Å². The van der Waals surface area contributed by atoms with Gasteiger partial charge in [0.05, 0.1) is 6.61 Å². The van der Waals surface area contributed by atoms with Gasteiger partial charge in [-0.25, -0.2) is 0 Å². The molecule has 0 saturated carbocycles. The van der Waals surface area contributed by atoms with Crippen molar-refractivity contribution in [2.75, 3.05) is 13.2 Å². The van der Waals surface area contributed by atoms with Gasteiger partial charge in [-0.1, -0.05) is 0 Å². The average Bonchev–Trinajstić information content (AvgIpc) is 2.67. The Balaban J connectivity index is 1.99. The van der Waals surface area contributed by atoms with Gasteiger partial charge in [0.15, 0.2) is 0 Å². The highest BCUT2D eigenvalue weighted by molar-refractivity contribution is 7.10. The molecule has 82 valence electrons. The Labute approximate surface area is 94.6 Å². The quantitative estimate of drug-likeness (QED) is 0.728. The normalized spacial score (nSPS) is 35.4. The van der Waals surface area contributed by atoms with Crippen molar-refractivity contribution in [1.82, 2.24) is 5.32 Å². The van der Waals surface area contributed by atoms with E-state index in [4.69, 9.17) is 4.74 Å². The number of thiophene rings is 1.